The molecule has 0 aliphatic heterocycles. The second-order valence-corrected chi connectivity index (χ2v) is 3.14. The van der Waals surface area contributed by atoms with Crippen LogP contribution in [0, 0.1) is 0 Å². The first-order valence-corrected chi connectivity index (χ1v) is 4.60. The molecular weight excluding hydrogens is 122 g/mol. The van der Waals surface area contributed by atoms with Crippen molar-refractivity contribution >= 4 is 0 Å². The van der Waals surface area contributed by atoms with Gasteiger partial charge in [-0.05, 0) is 12.8 Å². The van der Waals surface area contributed by atoms with Crippen LogP contribution in [0.5, 0.6) is 0 Å². The molecule has 0 unspecified atom stereocenters. The number of rotatable bonds is 2. The van der Waals surface area contributed by atoms with Crippen molar-refractivity contribution in [3.05, 3.63) is 0 Å². The van der Waals surface area contributed by atoms with Gasteiger partial charge in [0.1, 0.15) is 0 Å². The molecule has 1 nitrogen and oxygen atoms in total. The van der Waals surface area contributed by atoms with E-state index in [1.807, 2.05) is 0 Å². The van der Waals surface area contributed by atoms with E-state index in [1.54, 1.807) is 0 Å². The molecule has 1 aliphatic rings. The van der Waals surface area contributed by atoms with Crippen LogP contribution in [0.4, 0.5) is 0 Å². The largest absolute Gasteiger partial charge is 0.239 e. The highest BCUT2D eigenvalue weighted by Gasteiger charge is 2.10. The number of hydrogen-bond donors (Lipinski definition) is 0. The molecule has 59 valence electrons. The second kappa shape index (κ2) is 4.73. The van der Waals surface area contributed by atoms with Gasteiger partial charge in [-0.15, -0.1) is 0 Å². The molecule has 1 rings (SSSR count). The fraction of sp³-hybridized carbons (Fsp3) is 1.00. The molecule has 1 saturated carbocycles. The fourth-order valence-corrected chi connectivity index (χ4v) is 1.70. The molecule has 1 heteroatoms. The van der Waals surface area contributed by atoms with E-state index in [-0.39, 0.29) is 0 Å². The first kappa shape index (κ1) is 8.06. The van der Waals surface area contributed by atoms with Gasteiger partial charge in [0.2, 0.25) is 0 Å². The van der Waals surface area contributed by atoms with E-state index < -0.39 is 0 Å². The first-order chi connectivity index (χ1) is 4.93. The van der Waals surface area contributed by atoms with Crippen LogP contribution < -0.4 is 5.32 Å². The lowest BCUT2D eigenvalue weighted by Crippen LogP contribution is -2.20. The standard InChI is InChI=1S/C9H18N/c1-2-10-9-7-5-3-4-6-8-9/h9H,2-8H2,1H3. The van der Waals surface area contributed by atoms with E-state index >= 15 is 0 Å². The van der Waals surface area contributed by atoms with Gasteiger partial charge in [0.15, 0.2) is 0 Å². The average Bonchev–Trinajstić information content (AvgIpc) is 2.17. The van der Waals surface area contributed by atoms with Crippen molar-refractivity contribution in [3.63, 3.8) is 0 Å². The van der Waals surface area contributed by atoms with E-state index in [9.17, 15) is 0 Å². The average molecular weight is 140 g/mol. The monoisotopic (exact) mass is 140 g/mol. The third-order valence-electron chi connectivity index (χ3n) is 2.27. The Hall–Kier alpha value is -0.0400. The summed E-state index contributed by atoms with van der Waals surface area (Å²) in [7, 11) is 0. The third-order valence-corrected chi connectivity index (χ3v) is 2.27. The van der Waals surface area contributed by atoms with Crippen molar-refractivity contribution in [3.8, 4) is 0 Å². The van der Waals surface area contributed by atoms with Gasteiger partial charge in [0, 0.05) is 12.6 Å². The second-order valence-electron chi connectivity index (χ2n) is 3.14. The minimum absolute atomic E-state index is 0.715. The van der Waals surface area contributed by atoms with Crippen molar-refractivity contribution in [2.45, 2.75) is 51.5 Å². The quantitative estimate of drug-likeness (QED) is 0.523. The van der Waals surface area contributed by atoms with E-state index in [0.717, 1.165) is 6.54 Å². The van der Waals surface area contributed by atoms with Gasteiger partial charge in [0.05, 0.1) is 0 Å². The molecule has 0 amide bonds. The van der Waals surface area contributed by atoms with Gasteiger partial charge in [-0.25, -0.2) is 5.32 Å². The Morgan fingerprint density at radius 3 is 2.20 bits per heavy atom. The summed E-state index contributed by atoms with van der Waals surface area (Å²) in [6, 6.07) is 0.715. The van der Waals surface area contributed by atoms with Gasteiger partial charge in [-0.3, -0.25) is 0 Å². The number of nitrogens with zero attached hydrogens (tertiary/aromatic N) is 1. The van der Waals surface area contributed by atoms with E-state index in [1.165, 1.54) is 38.5 Å². The zero-order valence-electron chi connectivity index (χ0n) is 6.97. The van der Waals surface area contributed by atoms with E-state index in [2.05, 4.69) is 12.2 Å². The van der Waals surface area contributed by atoms with Crippen LogP contribution in [0.3, 0.4) is 0 Å². The molecule has 0 bridgehead atoms. The molecule has 0 heterocycles. The van der Waals surface area contributed by atoms with Crippen molar-refractivity contribution in [2.75, 3.05) is 6.54 Å². The molecule has 0 aromatic rings. The smallest absolute Gasteiger partial charge is 0.0245 e. The Morgan fingerprint density at radius 1 is 1.10 bits per heavy atom. The topological polar surface area (TPSA) is 14.1 Å². The Bertz CT molecular complexity index is 72.8. The Morgan fingerprint density at radius 2 is 1.70 bits per heavy atom. The summed E-state index contributed by atoms with van der Waals surface area (Å²) in [4.78, 5) is 0. The van der Waals surface area contributed by atoms with E-state index in [0.29, 0.717) is 6.04 Å². The summed E-state index contributed by atoms with van der Waals surface area (Å²) in [6.45, 7) is 3.16. The van der Waals surface area contributed by atoms with Gasteiger partial charge in [-0.1, -0.05) is 32.6 Å². The summed E-state index contributed by atoms with van der Waals surface area (Å²) in [5.74, 6) is 0. The van der Waals surface area contributed by atoms with Crippen LogP contribution in [0.1, 0.15) is 45.4 Å². The normalized spacial score (nSPS) is 22.5. The Kier molecular flexibility index (Phi) is 3.81. The van der Waals surface area contributed by atoms with Crippen LogP contribution in [-0.4, -0.2) is 12.6 Å². The molecule has 1 radical (unpaired) electrons. The third kappa shape index (κ3) is 2.70. The molecule has 0 N–H and O–H groups in total. The van der Waals surface area contributed by atoms with Crippen LogP contribution in [0.15, 0.2) is 0 Å². The molecule has 0 aromatic heterocycles. The summed E-state index contributed by atoms with van der Waals surface area (Å²) in [5.41, 5.74) is 0. The Labute approximate surface area is 64.2 Å². The van der Waals surface area contributed by atoms with Crippen LogP contribution >= 0.6 is 0 Å². The van der Waals surface area contributed by atoms with Crippen molar-refractivity contribution in [1.29, 1.82) is 0 Å². The lowest BCUT2D eigenvalue weighted by atomic mass is 10.1. The molecule has 0 aromatic carbocycles. The highest BCUT2D eigenvalue weighted by atomic mass is 14.9. The highest BCUT2D eigenvalue weighted by Crippen LogP contribution is 2.17. The van der Waals surface area contributed by atoms with Crippen molar-refractivity contribution < 1.29 is 0 Å². The van der Waals surface area contributed by atoms with Gasteiger partial charge < -0.3 is 0 Å². The van der Waals surface area contributed by atoms with Crippen LogP contribution in [-0.2, 0) is 0 Å². The Balaban J connectivity index is 2.15. The fourth-order valence-electron chi connectivity index (χ4n) is 1.70. The minimum atomic E-state index is 0.715. The molecule has 0 atom stereocenters. The van der Waals surface area contributed by atoms with Crippen LogP contribution in [0.2, 0.25) is 0 Å². The predicted octanol–water partition coefficient (Wildman–Crippen LogP) is 2.33. The SMILES string of the molecule is CC[N]C1CCCCCC1. The van der Waals surface area contributed by atoms with Gasteiger partial charge in [0.25, 0.3) is 0 Å². The van der Waals surface area contributed by atoms with Crippen molar-refractivity contribution in [1.82, 2.24) is 5.32 Å². The lowest BCUT2D eigenvalue weighted by Gasteiger charge is -2.11. The number of hydrogen-bond acceptors (Lipinski definition) is 0. The summed E-state index contributed by atoms with van der Waals surface area (Å²) >= 11 is 0. The maximum atomic E-state index is 4.54. The zero-order chi connectivity index (χ0) is 7.23. The molecule has 0 spiro atoms. The molecule has 1 fully saturated rings. The van der Waals surface area contributed by atoms with Gasteiger partial charge in [-0.2, -0.15) is 0 Å². The van der Waals surface area contributed by atoms with Gasteiger partial charge >= 0.3 is 0 Å². The molecule has 10 heavy (non-hydrogen) atoms. The summed E-state index contributed by atoms with van der Waals surface area (Å²) in [6.07, 6.45) is 8.41. The molecule has 0 saturated heterocycles. The predicted molar refractivity (Wildman–Crippen MR) is 44.2 cm³/mol. The maximum absolute atomic E-state index is 4.54. The summed E-state index contributed by atoms with van der Waals surface area (Å²) in [5, 5.41) is 4.54. The van der Waals surface area contributed by atoms with Crippen LogP contribution in [0.25, 0.3) is 0 Å². The minimum Gasteiger partial charge on any atom is -0.239 e. The maximum Gasteiger partial charge on any atom is 0.0245 e. The lowest BCUT2D eigenvalue weighted by molar-refractivity contribution is 0.463. The molecular formula is C9H18N. The van der Waals surface area contributed by atoms with E-state index in [4.69, 9.17) is 0 Å². The summed E-state index contributed by atoms with van der Waals surface area (Å²) < 4.78 is 0. The first-order valence-electron chi connectivity index (χ1n) is 4.60. The van der Waals surface area contributed by atoms with Crippen molar-refractivity contribution in [2.24, 2.45) is 0 Å². The zero-order valence-corrected chi connectivity index (χ0v) is 6.97. The molecule has 1 aliphatic carbocycles. The highest BCUT2D eigenvalue weighted by molar-refractivity contribution is 4.68.